The summed E-state index contributed by atoms with van der Waals surface area (Å²) in [6.07, 6.45) is 3.46. The van der Waals surface area contributed by atoms with Crippen molar-refractivity contribution < 1.29 is 4.79 Å². The number of benzene rings is 1. The number of amides is 1. The number of carbonyl (C=O) groups excluding carboxylic acids is 1. The molecule has 0 aliphatic rings. The van der Waals surface area contributed by atoms with E-state index in [1.165, 1.54) is 11.8 Å². The van der Waals surface area contributed by atoms with Gasteiger partial charge in [-0.25, -0.2) is 19.4 Å². The zero-order valence-electron chi connectivity index (χ0n) is 15.9. The topological polar surface area (TPSA) is 138 Å². The van der Waals surface area contributed by atoms with E-state index in [9.17, 15) is 14.4 Å². The summed E-state index contributed by atoms with van der Waals surface area (Å²) in [7, 11) is 0. The van der Waals surface area contributed by atoms with Crippen LogP contribution in [0.4, 0.5) is 5.69 Å². The van der Waals surface area contributed by atoms with Gasteiger partial charge in [0.1, 0.15) is 16.5 Å². The Labute approximate surface area is 173 Å². The normalized spacial score (nSPS) is 11.0. The summed E-state index contributed by atoms with van der Waals surface area (Å²) in [4.78, 5) is 48.6. The van der Waals surface area contributed by atoms with Gasteiger partial charge in [-0.05, 0) is 12.1 Å². The summed E-state index contributed by atoms with van der Waals surface area (Å²) < 4.78 is 1.74. The van der Waals surface area contributed by atoms with E-state index in [1.807, 2.05) is 37.3 Å². The third-order valence-corrected chi connectivity index (χ3v) is 5.18. The zero-order chi connectivity index (χ0) is 21.1. The van der Waals surface area contributed by atoms with E-state index < -0.39 is 17.2 Å². The third-order valence-electron chi connectivity index (χ3n) is 4.19. The molecule has 3 N–H and O–H groups in total. The average Bonchev–Trinajstić information content (AvgIpc) is 3.18. The second-order valence-electron chi connectivity index (χ2n) is 6.25. The lowest BCUT2D eigenvalue weighted by Gasteiger charge is -2.07. The summed E-state index contributed by atoms with van der Waals surface area (Å²) >= 11 is 1.22. The number of nitrogens with zero attached hydrogens (tertiary/aromatic N) is 4. The van der Waals surface area contributed by atoms with Gasteiger partial charge < -0.3 is 10.3 Å². The first-order valence-electron chi connectivity index (χ1n) is 9.10. The van der Waals surface area contributed by atoms with Crippen molar-refractivity contribution in [3.63, 3.8) is 0 Å². The largest absolute Gasteiger partial charge is 0.325 e. The Balaban J connectivity index is 1.59. The van der Waals surface area contributed by atoms with Crippen LogP contribution in [0.3, 0.4) is 0 Å². The molecule has 0 saturated heterocycles. The molecule has 0 spiro atoms. The summed E-state index contributed by atoms with van der Waals surface area (Å²) in [5.41, 5.74) is 0.198. The summed E-state index contributed by atoms with van der Waals surface area (Å²) in [6, 6.07) is 9.63. The molecule has 3 aromatic heterocycles. The van der Waals surface area contributed by atoms with E-state index in [0.29, 0.717) is 22.9 Å². The Morgan fingerprint density at radius 1 is 1.20 bits per heavy atom. The minimum absolute atomic E-state index is 0.0182. The highest BCUT2D eigenvalue weighted by Crippen LogP contribution is 2.27. The number of fused-ring (bicyclic) bond motifs is 1. The van der Waals surface area contributed by atoms with Crippen molar-refractivity contribution in [1.29, 1.82) is 0 Å². The van der Waals surface area contributed by atoms with E-state index in [2.05, 4.69) is 30.4 Å². The van der Waals surface area contributed by atoms with Crippen LogP contribution in [0.25, 0.3) is 16.7 Å². The SMILES string of the molecule is CCc1nc(SCC(=O)Nc2c[nH]c(=O)[nH]c2=O)c2cnn(-c3ccccc3)c2n1. The number of carbonyl (C=O) groups is 1. The molecule has 152 valence electrons. The molecule has 0 aliphatic carbocycles. The molecular formula is C19H17N7O3S. The average molecular weight is 423 g/mol. The van der Waals surface area contributed by atoms with Gasteiger partial charge in [0.05, 0.1) is 23.0 Å². The van der Waals surface area contributed by atoms with E-state index in [-0.39, 0.29) is 11.4 Å². The predicted molar refractivity (Wildman–Crippen MR) is 113 cm³/mol. The number of hydrogen-bond donors (Lipinski definition) is 3. The van der Waals surface area contributed by atoms with Crippen LogP contribution < -0.4 is 16.6 Å². The smallest absolute Gasteiger partial charge is 0.320 e. The molecule has 0 atom stereocenters. The molecular weight excluding hydrogens is 406 g/mol. The molecule has 1 amide bonds. The second kappa shape index (κ2) is 8.33. The number of aromatic amines is 2. The van der Waals surface area contributed by atoms with E-state index in [0.717, 1.165) is 17.3 Å². The van der Waals surface area contributed by atoms with Gasteiger partial charge in [0.25, 0.3) is 5.56 Å². The Kier molecular flexibility index (Phi) is 5.44. The van der Waals surface area contributed by atoms with Gasteiger partial charge in [-0.2, -0.15) is 5.10 Å². The fourth-order valence-corrected chi connectivity index (χ4v) is 3.58. The first-order valence-corrected chi connectivity index (χ1v) is 10.1. The fraction of sp³-hybridized carbons (Fsp3) is 0.158. The highest BCUT2D eigenvalue weighted by Gasteiger charge is 2.15. The number of nitrogens with one attached hydrogen (secondary N) is 3. The first-order chi connectivity index (χ1) is 14.5. The molecule has 4 aromatic rings. The van der Waals surface area contributed by atoms with Crippen LogP contribution in [0.5, 0.6) is 0 Å². The lowest BCUT2D eigenvalue weighted by molar-refractivity contribution is -0.113. The van der Waals surface area contributed by atoms with E-state index in [4.69, 9.17) is 0 Å². The minimum Gasteiger partial charge on any atom is -0.320 e. The molecule has 3 heterocycles. The Bertz CT molecular complexity index is 1330. The van der Waals surface area contributed by atoms with Crippen LogP contribution in [-0.2, 0) is 11.2 Å². The number of aryl methyl sites for hydroxylation is 1. The summed E-state index contributed by atoms with van der Waals surface area (Å²) in [5, 5.41) is 8.28. The van der Waals surface area contributed by atoms with Crippen molar-refractivity contribution in [2.45, 2.75) is 18.4 Å². The lowest BCUT2D eigenvalue weighted by atomic mass is 10.3. The second-order valence-corrected chi connectivity index (χ2v) is 7.21. The number of hydrogen-bond acceptors (Lipinski definition) is 7. The van der Waals surface area contributed by atoms with Crippen molar-refractivity contribution in [3.8, 4) is 5.69 Å². The van der Waals surface area contributed by atoms with Crippen molar-refractivity contribution in [3.05, 3.63) is 69.4 Å². The van der Waals surface area contributed by atoms with Gasteiger partial charge in [-0.1, -0.05) is 36.9 Å². The number of anilines is 1. The maximum absolute atomic E-state index is 12.3. The molecule has 30 heavy (non-hydrogen) atoms. The predicted octanol–water partition coefficient (Wildman–Crippen LogP) is 1.49. The van der Waals surface area contributed by atoms with Crippen molar-refractivity contribution in [2.75, 3.05) is 11.1 Å². The van der Waals surface area contributed by atoms with Crippen molar-refractivity contribution in [1.82, 2.24) is 29.7 Å². The molecule has 11 heteroatoms. The third kappa shape index (κ3) is 4.01. The number of para-hydroxylation sites is 1. The van der Waals surface area contributed by atoms with Crippen LogP contribution in [0.1, 0.15) is 12.7 Å². The van der Waals surface area contributed by atoms with Gasteiger partial charge >= 0.3 is 5.69 Å². The van der Waals surface area contributed by atoms with Crippen molar-refractivity contribution >= 4 is 34.4 Å². The monoisotopic (exact) mass is 423 g/mol. The highest BCUT2D eigenvalue weighted by molar-refractivity contribution is 8.00. The van der Waals surface area contributed by atoms with Crippen molar-refractivity contribution in [2.24, 2.45) is 0 Å². The maximum Gasteiger partial charge on any atom is 0.325 e. The number of thioether (sulfide) groups is 1. The highest BCUT2D eigenvalue weighted by atomic mass is 32.2. The van der Waals surface area contributed by atoms with Gasteiger partial charge in [0.15, 0.2) is 5.65 Å². The Morgan fingerprint density at radius 2 is 2.00 bits per heavy atom. The molecule has 10 nitrogen and oxygen atoms in total. The molecule has 0 aliphatic heterocycles. The van der Waals surface area contributed by atoms with Gasteiger partial charge in [0.2, 0.25) is 5.91 Å². The molecule has 0 radical (unpaired) electrons. The minimum atomic E-state index is -0.668. The standard InChI is InChI=1S/C19H17N7O3S/c1-2-14-23-16-12(8-21-26(16)11-6-4-3-5-7-11)18(24-14)30-10-15(27)22-13-9-20-19(29)25-17(13)28/h3-9H,2,10H2,1H3,(H,22,27)(H2,20,25,28,29). The quantitative estimate of drug-likeness (QED) is 0.315. The fourth-order valence-electron chi connectivity index (χ4n) is 2.77. The molecule has 0 fully saturated rings. The number of H-pyrrole nitrogens is 2. The van der Waals surface area contributed by atoms with Crippen LogP contribution in [0, 0.1) is 0 Å². The number of rotatable bonds is 6. The zero-order valence-corrected chi connectivity index (χ0v) is 16.7. The molecule has 1 aromatic carbocycles. The Hall–Kier alpha value is -3.73. The Morgan fingerprint density at radius 3 is 2.73 bits per heavy atom. The summed E-state index contributed by atoms with van der Waals surface area (Å²) in [6.45, 7) is 1.95. The van der Waals surface area contributed by atoms with Crippen LogP contribution in [0.2, 0.25) is 0 Å². The molecule has 0 bridgehead atoms. The number of aromatic nitrogens is 6. The van der Waals surface area contributed by atoms with Gasteiger partial charge in [-0.3, -0.25) is 14.6 Å². The van der Waals surface area contributed by atoms with Crippen LogP contribution >= 0.6 is 11.8 Å². The van der Waals surface area contributed by atoms with Crippen LogP contribution in [-0.4, -0.2) is 41.4 Å². The lowest BCUT2D eigenvalue weighted by Crippen LogP contribution is -2.27. The first kappa shape index (κ1) is 19.6. The summed E-state index contributed by atoms with van der Waals surface area (Å²) in [5.74, 6) is 0.252. The van der Waals surface area contributed by atoms with E-state index in [1.54, 1.807) is 10.9 Å². The molecule has 0 saturated carbocycles. The van der Waals surface area contributed by atoms with Gasteiger partial charge in [0, 0.05) is 12.6 Å². The molecule has 4 rings (SSSR count). The van der Waals surface area contributed by atoms with Gasteiger partial charge in [-0.15, -0.1) is 0 Å². The maximum atomic E-state index is 12.3. The van der Waals surface area contributed by atoms with Crippen LogP contribution in [0.15, 0.2) is 57.3 Å². The van der Waals surface area contributed by atoms with E-state index >= 15 is 0 Å². The molecule has 0 unspecified atom stereocenters.